The van der Waals surface area contributed by atoms with Gasteiger partial charge >= 0.3 is 6.18 Å². The molecule has 0 amide bonds. The predicted molar refractivity (Wildman–Crippen MR) is 86.8 cm³/mol. The highest BCUT2D eigenvalue weighted by atomic mass is 19.4. The van der Waals surface area contributed by atoms with Crippen LogP contribution in [-0.2, 0) is 12.7 Å². The van der Waals surface area contributed by atoms with E-state index in [0.29, 0.717) is 17.4 Å². The van der Waals surface area contributed by atoms with Crippen molar-refractivity contribution in [3.05, 3.63) is 54.2 Å². The summed E-state index contributed by atoms with van der Waals surface area (Å²) in [5, 5.41) is 3.96. The quantitative estimate of drug-likeness (QED) is 0.709. The second-order valence-corrected chi connectivity index (χ2v) is 5.54. The van der Waals surface area contributed by atoms with Crippen LogP contribution in [0.2, 0.25) is 0 Å². The molecule has 0 fully saturated rings. The highest BCUT2D eigenvalue weighted by Gasteiger charge is 2.30. The Morgan fingerprint density at radius 3 is 2.67 bits per heavy atom. The number of hydrogen-bond donors (Lipinski definition) is 1. The van der Waals surface area contributed by atoms with Crippen LogP contribution in [0.1, 0.15) is 17.8 Å². The van der Waals surface area contributed by atoms with Crippen LogP contribution in [0.25, 0.3) is 10.9 Å². The molecule has 7 heteroatoms. The maximum absolute atomic E-state index is 12.8. The standard InChI is InChI=1S/C17H17F3N4/c1-12-21-8-10-24(12)9-2-6-22-15-5-7-23-16-11-13(17(18,19)20)3-4-14(15)16/h3-5,7-8,10-11H,2,6,9H2,1H3,(H,22,23). The van der Waals surface area contributed by atoms with Crippen molar-refractivity contribution < 1.29 is 13.2 Å². The average molecular weight is 334 g/mol. The molecule has 3 aromatic rings. The summed E-state index contributed by atoms with van der Waals surface area (Å²) in [5.41, 5.74) is 0.437. The Bertz CT molecular complexity index is 839. The van der Waals surface area contributed by atoms with Gasteiger partial charge in [0.2, 0.25) is 0 Å². The molecule has 3 rings (SSSR count). The molecule has 1 N–H and O–H groups in total. The van der Waals surface area contributed by atoms with Crippen molar-refractivity contribution in [2.45, 2.75) is 26.1 Å². The highest BCUT2D eigenvalue weighted by Crippen LogP contribution is 2.32. The number of nitrogens with zero attached hydrogens (tertiary/aromatic N) is 3. The van der Waals surface area contributed by atoms with Gasteiger partial charge in [-0.25, -0.2) is 4.98 Å². The molecule has 2 heterocycles. The fourth-order valence-corrected chi connectivity index (χ4v) is 2.59. The van der Waals surface area contributed by atoms with Gasteiger partial charge in [-0.2, -0.15) is 13.2 Å². The van der Waals surface area contributed by atoms with E-state index in [0.717, 1.165) is 36.6 Å². The number of alkyl halides is 3. The number of imidazole rings is 1. The lowest BCUT2D eigenvalue weighted by molar-refractivity contribution is -0.137. The fraction of sp³-hybridized carbons (Fsp3) is 0.294. The minimum absolute atomic E-state index is 0.334. The Hall–Kier alpha value is -2.57. The molecule has 0 aliphatic heterocycles. The normalized spacial score (nSPS) is 11.8. The molecule has 2 aromatic heterocycles. The third-order valence-corrected chi connectivity index (χ3v) is 3.88. The summed E-state index contributed by atoms with van der Waals surface area (Å²) in [5.74, 6) is 0.962. The van der Waals surface area contributed by atoms with Gasteiger partial charge in [0.25, 0.3) is 0 Å². The number of anilines is 1. The minimum atomic E-state index is -4.36. The first kappa shape index (κ1) is 16.3. The summed E-state index contributed by atoms with van der Waals surface area (Å²) in [4.78, 5) is 8.21. The van der Waals surface area contributed by atoms with E-state index >= 15 is 0 Å². The number of pyridine rings is 1. The smallest absolute Gasteiger partial charge is 0.384 e. The first-order valence-electron chi connectivity index (χ1n) is 7.63. The summed E-state index contributed by atoms with van der Waals surface area (Å²) in [7, 11) is 0. The summed E-state index contributed by atoms with van der Waals surface area (Å²) in [6.07, 6.45) is 1.72. The molecule has 0 bridgehead atoms. The van der Waals surface area contributed by atoms with Crippen LogP contribution in [0.15, 0.2) is 42.9 Å². The number of nitrogens with one attached hydrogen (secondary N) is 1. The zero-order valence-corrected chi connectivity index (χ0v) is 13.1. The Balaban J connectivity index is 1.69. The molecule has 0 saturated carbocycles. The van der Waals surface area contributed by atoms with E-state index in [2.05, 4.69) is 19.9 Å². The van der Waals surface area contributed by atoms with Gasteiger partial charge in [0.1, 0.15) is 5.82 Å². The Labute approximate surface area is 137 Å². The van der Waals surface area contributed by atoms with Gasteiger partial charge < -0.3 is 9.88 Å². The maximum atomic E-state index is 12.8. The maximum Gasteiger partial charge on any atom is 0.416 e. The second-order valence-electron chi connectivity index (χ2n) is 5.54. The molecular formula is C17H17F3N4. The topological polar surface area (TPSA) is 42.7 Å². The number of benzene rings is 1. The van der Waals surface area contributed by atoms with Gasteiger partial charge in [0.15, 0.2) is 0 Å². The number of hydrogen-bond acceptors (Lipinski definition) is 3. The Morgan fingerprint density at radius 2 is 1.96 bits per heavy atom. The van der Waals surface area contributed by atoms with Crippen LogP contribution in [0.5, 0.6) is 0 Å². The summed E-state index contributed by atoms with van der Waals surface area (Å²) >= 11 is 0. The number of halogens is 3. The second kappa shape index (κ2) is 6.51. The van der Waals surface area contributed by atoms with E-state index in [1.807, 2.05) is 13.1 Å². The van der Waals surface area contributed by atoms with Gasteiger partial charge in [0.05, 0.1) is 11.1 Å². The Kier molecular flexibility index (Phi) is 4.42. The first-order valence-corrected chi connectivity index (χ1v) is 7.63. The molecule has 0 radical (unpaired) electrons. The van der Waals surface area contributed by atoms with Gasteiger partial charge in [0, 0.05) is 42.8 Å². The highest BCUT2D eigenvalue weighted by molar-refractivity contribution is 5.91. The first-order chi connectivity index (χ1) is 11.4. The lowest BCUT2D eigenvalue weighted by atomic mass is 10.1. The van der Waals surface area contributed by atoms with E-state index in [4.69, 9.17) is 0 Å². The SMILES string of the molecule is Cc1nccn1CCCNc1ccnc2cc(C(F)(F)F)ccc12. The van der Waals surface area contributed by atoms with Crippen molar-refractivity contribution >= 4 is 16.6 Å². The number of rotatable bonds is 5. The molecule has 0 atom stereocenters. The molecule has 0 spiro atoms. The van der Waals surface area contributed by atoms with Crippen LogP contribution in [-0.4, -0.2) is 21.1 Å². The molecule has 24 heavy (non-hydrogen) atoms. The van der Waals surface area contributed by atoms with E-state index in [1.54, 1.807) is 12.3 Å². The van der Waals surface area contributed by atoms with Gasteiger partial charge in [-0.1, -0.05) is 6.07 Å². The van der Waals surface area contributed by atoms with E-state index in [9.17, 15) is 13.2 Å². The number of aromatic nitrogens is 3. The number of fused-ring (bicyclic) bond motifs is 1. The molecule has 4 nitrogen and oxygen atoms in total. The molecule has 0 saturated heterocycles. The van der Waals surface area contributed by atoms with Gasteiger partial charge in [-0.3, -0.25) is 4.98 Å². The van der Waals surface area contributed by atoms with Crippen molar-refractivity contribution in [2.75, 3.05) is 11.9 Å². The lowest BCUT2D eigenvalue weighted by Gasteiger charge is -2.12. The van der Waals surface area contributed by atoms with Crippen molar-refractivity contribution in [3.63, 3.8) is 0 Å². The zero-order valence-electron chi connectivity index (χ0n) is 13.1. The molecule has 0 aliphatic rings. The van der Waals surface area contributed by atoms with Crippen molar-refractivity contribution in [1.29, 1.82) is 0 Å². The van der Waals surface area contributed by atoms with Crippen LogP contribution < -0.4 is 5.32 Å². The van der Waals surface area contributed by atoms with Crippen molar-refractivity contribution in [3.8, 4) is 0 Å². The predicted octanol–water partition coefficient (Wildman–Crippen LogP) is 4.26. The minimum Gasteiger partial charge on any atom is -0.384 e. The Morgan fingerprint density at radius 1 is 1.12 bits per heavy atom. The molecule has 126 valence electrons. The largest absolute Gasteiger partial charge is 0.416 e. The van der Waals surface area contributed by atoms with Gasteiger partial charge in [-0.15, -0.1) is 0 Å². The molecule has 0 unspecified atom stereocenters. The van der Waals surface area contributed by atoms with Crippen LogP contribution in [0, 0.1) is 6.92 Å². The van der Waals surface area contributed by atoms with Crippen LogP contribution in [0.4, 0.5) is 18.9 Å². The van der Waals surface area contributed by atoms with E-state index in [1.165, 1.54) is 12.3 Å². The van der Waals surface area contributed by atoms with Gasteiger partial charge in [-0.05, 0) is 31.5 Å². The summed E-state index contributed by atoms with van der Waals surface area (Å²) < 4.78 is 40.4. The zero-order chi connectivity index (χ0) is 17.2. The lowest BCUT2D eigenvalue weighted by Crippen LogP contribution is -2.08. The van der Waals surface area contributed by atoms with Crippen LogP contribution >= 0.6 is 0 Å². The van der Waals surface area contributed by atoms with E-state index < -0.39 is 11.7 Å². The molecular weight excluding hydrogens is 317 g/mol. The fourth-order valence-electron chi connectivity index (χ4n) is 2.59. The molecule has 1 aromatic carbocycles. The van der Waals surface area contributed by atoms with Crippen molar-refractivity contribution in [1.82, 2.24) is 14.5 Å². The molecule has 0 aliphatic carbocycles. The van der Waals surface area contributed by atoms with Crippen LogP contribution in [0.3, 0.4) is 0 Å². The third kappa shape index (κ3) is 3.50. The summed E-state index contributed by atoms with van der Waals surface area (Å²) in [6.45, 7) is 3.49. The summed E-state index contributed by atoms with van der Waals surface area (Å²) in [6, 6.07) is 5.41. The number of aryl methyl sites for hydroxylation is 2. The average Bonchev–Trinajstić information content (AvgIpc) is 2.95. The third-order valence-electron chi connectivity index (χ3n) is 3.88. The van der Waals surface area contributed by atoms with E-state index in [-0.39, 0.29) is 0 Å². The monoisotopic (exact) mass is 334 g/mol. The van der Waals surface area contributed by atoms with Crippen molar-refractivity contribution in [2.24, 2.45) is 0 Å².